The number of hydrogen-bond donors (Lipinski definition) is 3. The number of allylic oxidation sites excluding steroid dienone is 1. The Balaban J connectivity index is 3.19. The molecule has 7 nitrogen and oxygen atoms in total. The molecular weight excluding hydrogens is 322 g/mol. The average Bonchev–Trinajstić information content (AvgIpc) is 2.53. The van der Waals surface area contributed by atoms with Crippen molar-refractivity contribution in [1.29, 1.82) is 0 Å². The van der Waals surface area contributed by atoms with Gasteiger partial charge in [0, 0.05) is 11.3 Å². The highest BCUT2D eigenvalue weighted by Gasteiger charge is 2.16. The monoisotopic (exact) mass is 355 g/mol. The fourth-order valence-electron chi connectivity index (χ4n) is 2.65. The van der Waals surface area contributed by atoms with E-state index in [1.165, 1.54) is 44.6 Å². The molecule has 0 fully saturated rings. The maximum Gasteiger partial charge on any atom is 0.275 e. The molecule has 0 aliphatic heterocycles. The summed E-state index contributed by atoms with van der Waals surface area (Å²) in [5.74, 6) is -3.04. The van der Waals surface area contributed by atoms with Crippen LogP contribution in [0.1, 0.15) is 89.9 Å². The Bertz CT molecular complexity index is 413. The van der Waals surface area contributed by atoms with E-state index in [1.807, 2.05) is 0 Å². The Morgan fingerprint density at radius 3 is 1.72 bits per heavy atom. The van der Waals surface area contributed by atoms with Crippen LogP contribution in [0.3, 0.4) is 0 Å². The van der Waals surface area contributed by atoms with Gasteiger partial charge in [-0.1, -0.05) is 70.3 Å². The van der Waals surface area contributed by atoms with Crippen molar-refractivity contribution in [2.45, 2.75) is 95.9 Å². The molecular formula is C18H33N3O4. The highest BCUT2D eigenvalue weighted by atomic mass is 16.7. The number of hydrogen-bond acceptors (Lipinski definition) is 4. The molecule has 7 heteroatoms. The molecule has 144 valence electrons. The summed E-state index contributed by atoms with van der Waals surface area (Å²) >= 11 is 0. The minimum atomic E-state index is -2.50. The Morgan fingerprint density at radius 1 is 0.840 bits per heavy atom. The quantitative estimate of drug-likeness (QED) is 0.0942. The molecule has 0 atom stereocenters. The van der Waals surface area contributed by atoms with Crippen molar-refractivity contribution in [3.8, 4) is 0 Å². The van der Waals surface area contributed by atoms with Crippen LogP contribution in [0, 0.1) is 0 Å². The topological polar surface area (TPSA) is 127 Å². The highest BCUT2D eigenvalue weighted by Crippen LogP contribution is 2.14. The molecule has 0 unspecified atom stereocenters. The van der Waals surface area contributed by atoms with Crippen molar-refractivity contribution >= 4 is 5.91 Å². The predicted molar refractivity (Wildman–Crippen MR) is 97.3 cm³/mol. The standard InChI is InChI=1S/C18H33N3O4/c19-21-20-17(22)15-13-11-9-7-5-3-1-2-4-6-8-10-12-14-16-18(23,24)25/h13,15,23-25H,1-12,14,16H2. The number of amides is 1. The van der Waals surface area contributed by atoms with Crippen LogP contribution in [-0.2, 0) is 4.79 Å². The molecule has 1 amide bonds. The van der Waals surface area contributed by atoms with Gasteiger partial charge in [-0.05, 0) is 36.0 Å². The Labute approximate surface area is 150 Å². The summed E-state index contributed by atoms with van der Waals surface area (Å²) in [5.41, 5.74) is 8.07. The second kappa shape index (κ2) is 16.1. The number of carbonyl (C=O) groups excluding carboxylic acids is 1. The zero-order chi connectivity index (χ0) is 18.8. The van der Waals surface area contributed by atoms with Crippen LogP contribution < -0.4 is 0 Å². The summed E-state index contributed by atoms with van der Waals surface area (Å²) in [5, 5.41) is 29.2. The van der Waals surface area contributed by atoms with E-state index < -0.39 is 11.9 Å². The van der Waals surface area contributed by atoms with Crippen molar-refractivity contribution in [2.24, 2.45) is 5.11 Å². The Morgan fingerprint density at radius 2 is 1.28 bits per heavy atom. The third-order valence-electron chi connectivity index (χ3n) is 4.04. The first-order chi connectivity index (χ1) is 12.0. The first-order valence-corrected chi connectivity index (χ1v) is 9.38. The molecule has 0 aromatic carbocycles. The van der Waals surface area contributed by atoms with Crippen LogP contribution in [0.4, 0.5) is 0 Å². The maximum atomic E-state index is 10.9. The summed E-state index contributed by atoms with van der Waals surface area (Å²) in [6.07, 6.45) is 17.4. The molecule has 0 aliphatic carbocycles. The smallest absolute Gasteiger partial charge is 0.275 e. The number of nitrogens with zero attached hydrogens (tertiary/aromatic N) is 3. The molecule has 3 N–H and O–H groups in total. The molecule has 0 aromatic rings. The third-order valence-corrected chi connectivity index (χ3v) is 4.04. The molecule has 0 rings (SSSR count). The van der Waals surface area contributed by atoms with Crippen molar-refractivity contribution in [3.05, 3.63) is 22.6 Å². The lowest BCUT2D eigenvalue weighted by Crippen LogP contribution is -2.26. The fraction of sp³-hybridized carbons (Fsp3) is 0.833. The fourth-order valence-corrected chi connectivity index (χ4v) is 2.65. The second-order valence-corrected chi connectivity index (χ2v) is 6.49. The van der Waals surface area contributed by atoms with E-state index in [9.17, 15) is 4.79 Å². The molecule has 0 spiro atoms. The third kappa shape index (κ3) is 20.6. The summed E-state index contributed by atoms with van der Waals surface area (Å²) in [4.78, 5) is 13.3. The zero-order valence-corrected chi connectivity index (χ0v) is 15.1. The molecule has 0 bridgehead atoms. The van der Waals surface area contributed by atoms with Gasteiger partial charge in [0.25, 0.3) is 5.97 Å². The van der Waals surface area contributed by atoms with E-state index in [2.05, 4.69) is 10.0 Å². The van der Waals surface area contributed by atoms with E-state index in [1.54, 1.807) is 6.08 Å². The molecule has 0 aliphatic rings. The summed E-state index contributed by atoms with van der Waals surface area (Å²) < 4.78 is 0. The van der Waals surface area contributed by atoms with Crippen molar-refractivity contribution in [3.63, 3.8) is 0 Å². The lowest BCUT2D eigenvalue weighted by atomic mass is 10.0. The van der Waals surface area contributed by atoms with Crippen molar-refractivity contribution < 1.29 is 20.1 Å². The van der Waals surface area contributed by atoms with Crippen molar-refractivity contribution in [2.75, 3.05) is 0 Å². The first kappa shape index (κ1) is 23.6. The molecule has 0 radical (unpaired) electrons. The number of unbranched alkanes of at least 4 members (excludes halogenated alkanes) is 12. The molecule has 0 aromatic heterocycles. The lowest BCUT2D eigenvalue weighted by molar-refractivity contribution is -0.315. The minimum Gasteiger partial charge on any atom is -0.344 e. The largest absolute Gasteiger partial charge is 0.344 e. The molecule has 25 heavy (non-hydrogen) atoms. The number of azide groups is 1. The average molecular weight is 355 g/mol. The summed E-state index contributed by atoms with van der Waals surface area (Å²) in [7, 11) is 0. The summed E-state index contributed by atoms with van der Waals surface area (Å²) in [6, 6.07) is 0. The SMILES string of the molecule is [N-]=[N+]=NC(=O)C=CCCCCCCCCCCCCCCC(O)(O)O. The van der Waals surface area contributed by atoms with Gasteiger partial charge in [-0.2, -0.15) is 0 Å². The predicted octanol–water partition coefficient (Wildman–Crippen LogP) is 4.47. The second-order valence-electron chi connectivity index (χ2n) is 6.49. The van der Waals surface area contributed by atoms with Crippen LogP contribution in [0.5, 0.6) is 0 Å². The van der Waals surface area contributed by atoms with Crippen LogP contribution in [0.15, 0.2) is 17.3 Å². The highest BCUT2D eigenvalue weighted by molar-refractivity contribution is 5.88. The first-order valence-electron chi connectivity index (χ1n) is 9.38. The number of rotatable bonds is 16. The molecule has 0 heterocycles. The molecule has 0 saturated heterocycles. The van der Waals surface area contributed by atoms with E-state index >= 15 is 0 Å². The van der Waals surface area contributed by atoms with Gasteiger partial charge in [0.05, 0.1) is 0 Å². The van der Waals surface area contributed by atoms with Gasteiger partial charge in [0.15, 0.2) is 0 Å². The lowest BCUT2D eigenvalue weighted by Gasteiger charge is -2.12. The van der Waals surface area contributed by atoms with Gasteiger partial charge in [-0.3, -0.25) is 4.79 Å². The molecule has 0 saturated carbocycles. The normalized spacial score (nSPS) is 11.6. The zero-order valence-electron chi connectivity index (χ0n) is 15.1. The van der Waals surface area contributed by atoms with Gasteiger partial charge in [-0.15, -0.1) is 0 Å². The maximum absolute atomic E-state index is 10.9. The van der Waals surface area contributed by atoms with Gasteiger partial charge < -0.3 is 15.3 Å². The van der Waals surface area contributed by atoms with Crippen LogP contribution in [0.25, 0.3) is 10.4 Å². The van der Waals surface area contributed by atoms with Crippen molar-refractivity contribution in [1.82, 2.24) is 0 Å². The van der Waals surface area contributed by atoms with E-state index in [0.29, 0.717) is 6.42 Å². The van der Waals surface area contributed by atoms with Crippen LogP contribution in [-0.4, -0.2) is 27.2 Å². The van der Waals surface area contributed by atoms with Crippen LogP contribution in [0.2, 0.25) is 0 Å². The number of aliphatic hydroxyl groups is 3. The Hall–Kier alpha value is -1.40. The van der Waals surface area contributed by atoms with E-state index in [-0.39, 0.29) is 6.42 Å². The van der Waals surface area contributed by atoms with Crippen LogP contribution >= 0.6 is 0 Å². The minimum absolute atomic E-state index is 0.0207. The summed E-state index contributed by atoms with van der Waals surface area (Å²) in [6.45, 7) is 0. The van der Waals surface area contributed by atoms with Gasteiger partial charge in [0.2, 0.25) is 5.91 Å². The van der Waals surface area contributed by atoms with Gasteiger partial charge in [-0.25, -0.2) is 0 Å². The van der Waals surface area contributed by atoms with Gasteiger partial charge >= 0.3 is 0 Å². The van der Waals surface area contributed by atoms with E-state index in [0.717, 1.165) is 38.5 Å². The number of carbonyl (C=O) groups is 1. The Kier molecular flexibility index (Phi) is 15.2. The van der Waals surface area contributed by atoms with Gasteiger partial charge in [0.1, 0.15) is 0 Å². The van der Waals surface area contributed by atoms with E-state index in [4.69, 9.17) is 20.9 Å².